The molecule has 0 saturated heterocycles. The van der Waals surface area contributed by atoms with Gasteiger partial charge in [-0.25, -0.2) is 4.99 Å². The molecule has 0 aliphatic rings. The standard InChI is InChI=1S/C21H29N3O3/c1-6-22-21(23-14-16-10-15(3)11-18(12-16)25-4)24-17-8-9-19(27-7-2)20(13-17)26-5/h8-13H,6-7,14H2,1-5H3,(H2,22,23,24). The van der Waals surface area contributed by atoms with Crippen LogP contribution >= 0.6 is 0 Å². The summed E-state index contributed by atoms with van der Waals surface area (Å²) in [5.74, 6) is 2.94. The lowest BCUT2D eigenvalue weighted by Gasteiger charge is -2.14. The summed E-state index contributed by atoms with van der Waals surface area (Å²) in [7, 11) is 3.30. The van der Waals surface area contributed by atoms with Gasteiger partial charge in [-0.2, -0.15) is 0 Å². The zero-order valence-electron chi connectivity index (χ0n) is 16.8. The maximum atomic E-state index is 5.56. The largest absolute Gasteiger partial charge is 0.497 e. The zero-order valence-corrected chi connectivity index (χ0v) is 16.8. The van der Waals surface area contributed by atoms with E-state index in [-0.39, 0.29) is 0 Å². The molecule has 2 N–H and O–H groups in total. The third-order valence-electron chi connectivity index (χ3n) is 3.84. The first kappa shape index (κ1) is 20.4. The molecule has 6 heteroatoms. The number of ether oxygens (including phenoxy) is 3. The third-order valence-corrected chi connectivity index (χ3v) is 3.84. The highest BCUT2D eigenvalue weighted by atomic mass is 16.5. The average Bonchev–Trinajstić information content (AvgIpc) is 2.67. The predicted molar refractivity (Wildman–Crippen MR) is 110 cm³/mol. The molecule has 0 unspecified atom stereocenters. The van der Waals surface area contributed by atoms with Crippen molar-refractivity contribution < 1.29 is 14.2 Å². The van der Waals surface area contributed by atoms with Gasteiger partial charge in [0, 0.05) is 18.3 Å². The van der Waals surface area contributed by atoms with Crippen molar-refractivity contribution in [1.82, 2.24) is 5.32 Å². The molecule has 0 heterocycles. The van der Waals surface area contributed by atoms with E-state index in [2.05, 4.69) is 21.7 Å². The van der Waals surface area contributed by atoms with Gasteiger partial charge in [0.05, 0.1) is 27.4 Å². The number of hydrogen-bond donors (Lipinski definition) is 2. The first-order valence-electron chi connectivity index (χ1n) is 9.10. The SMILES string of the molecule is CCNC(=NCc1cc(C)cc(OC)c1)Nc1ccc(OCC)c(OC)c1. The first-order chi connectivity index (χ1) is 13.1. The summed E-state index contributed by atoms with van der Waals surface area (Å²) in [6, 6.07) is 11.8. The van der Waals surface area contributed by atoms with Gasteiger partial charge in [-0.1, -0.05) is 6.07 Å². The average molecular weight is 371 g/mol. The van der Waals surface area contributed by atoms with Crippen LogP contribution in [0.1, 0.15) is 25.0 Å². The van der Waals surface area contributed by atoms with Crippen molar-refractivity contribution in [2.45, 2.75) is 27.3 Å². The van der Waals surface area contributed by atoms with Crippen LogP contribution in [0.2, 0.25) is 0 Å². The molecule has 0 aliphatic carbocycles. The van der Waals surface area contributed by atoms with Crippen LogP contribution in [0, 0.1) is 6.92 Å². The molecule has 146 valence electrons. The number of aryl methyl sites for hydroxylation is 1. The lowest BCUT2D eigenvalue weighted by Crippen LogP contribution is -2.30. The lowest BCUT2D eigenvalue weighted by molar-refractivity contribution is 0.311. The van der Waals surface area contributed by atoms with Gasteiger partial charge in [-0.05, 0) is 56.2 Å². The minimum atomic E-state index is 0.543. The van der Waals surface area contributed by atoms with Gasteiger partial charge in [-0.3, -0.25) is 0 Å². The second kappa shape index (κ2) is 10.3. The lowest BCUT2D eigenvalue weighted by atomic mass is 10.1. The van der Waals surface area contributed by atoms with Crippen LogP contribution in [0.15, 0.2) is 41.4 Å². The molecule has 0 aliphatic heterocycles. The van der Waals surface area contributed by atoms with Crippen molar-refractivity contribution in [1.29, 1.82) is 0 Å². The molecule has 0 saturated carbocycles. The van der Waals surface area contributed by atoms with Crippen molar-refractivity contribution >= 4 is 11.6 Å². The van der Waals surface area contributed by atoms with Crippen molar-refractivity contribution in [2.24, 2.45) is 4.99 Å². The van der Waals surface area contributed by atoms with E-state index in [9.17, 15) is 0 Å². The fraction of sp³-hybridized carbons (Fsp3) is 0.381. The number of nitrogens with one attached hydrogen (secondary N) is 2. The minimum Gasteiger partial charge on any atom is -0.497 e. The topological polar surface area (TPSA) is 64.1 Å². The molecule has 0 spiro atoms. The zero-order chi connectivity index (χ0) is 19.6. The van der Waals surface area contributed by atoms with E-state index < -0.39 is 0 Å². The van der Waals surface area contributed by atoms with Crippen LogP contribution in [0.4, 0.5) is 5.69 Å². The molecular weight excluding hydrogens is 342 g/mol. The Morgan fingerprint density at radius 1 is 1.00 bits per heavy atom. The number of methoxy groups -OCH3 is 2. The van der Waals surface area contributed by atoms with Crippen molar-refractivity contribution in [3.63, 3.8) is 0 Å². The van der Waals surface area contributed by atoms with Crippen LogP contribution in [-0.4, -0.2) is 33.3 Å². The third kappa shape index (κ3) is 6.09. The van der Waals surface area contributed by atoms with Crippen LogP contribution in [0.3, 0.4) is 0 Å². The summed E-state index contributed by atoms with van der Waals surface area (Å²) in [6.45, 7) is 7.92. The van der Waals surface area contributed by atoms with E-state index in [0.717, 1.165) is 34.9 Å². The summed E-state index contributed by atoms with van der Waals surface area (Å²) >= 11 is 0. The van der Waals surface area contributed by atoms with Crippen molar-refractivity contribution in [2.75, 3.05) is 32.7 Å². The second-order valence-electron chi connectivity index (χ2n) is 5.98. The summed E-state index contributed by atoms with van der Waals surface area (Å²) in [5.41, 5.74) is 3.11. The molecule has 2 rings (SSSR count). The molecule has 0 amide bonds. The van der Waals surface area contributed by atoms with Crippen LogP contribution in [0.25, 0.3) is 0 Å². The maximum absolute atomic E-state index is 5.56. The molecule has 0 atom stereocenters. The molecular formula is C21H29N3O3. The molecule has 2 aromatic carbocycles. The van der Waals surface area contributed by atoms with Gasteiger partial charge in [0.15, 0.2) is 17.5 Å². The Bertz CT molecular complexity index is 775. The smallest absolute Gasteiger partial charge is 0.196 e. The van der Waals surface area contributed by atoms with E-state index in [1.54, 1.807) is 14.2 Å². The Morgan fingerprint density at radius 2 is 1.81 bits per heavy atom. The van der Waals surface area contributed by atoms with E-state index in [0.29, 0.717) is 24.9 Å². The number of hydrogen-bond acceptors (Lipinski definition) is 4. The fourth-order valence-corrected chi connectivity index (χ4v) is 2.67. The normalized spacial score (nSPS) is 11.1. The fourth-order valence-electron chi connectivity index (χ4n) is 2.67. The van der Waals surface area contributed by atoms with Gasteiger partial charge >= 0.3 is 0 Å². The molecule has 2 aromatic rings. The van der Waals surface area contributed by atoms with Gasteiger partial charge in [0.1, 0.15) is 5.75 Å². The van der Waals surface area contributed by atoms with Crippen LogP contribution in [-0.2, 0) is 6.54 Å². The monoisotopic (exact) mass is 371 g/mol. The number of benzene rings is 2. The summed E-state index contributed by atoms with van der Waals surface area (Å²) in [5, 5.41) is 6.57. The van der Waals surface area contributed by atoms with Gasteiger partial charge in [0.25, 0.3) is 0 Å². The van der Waals surface area contributed by atoms with Gasteiger partial charge < -0.3 is 24.8 Å². The van der Waals surface area contributed by atoms with Crippen molar-refractivity contribution in [3.8, 4) is 17.2 Å². The Hall–Kier alpha value is -2.89. The summed E-state index contributed by atoms with van der Waals surface area (Å²) in [6.07, 6.45) is 0. The van der Waals surface area contributed by atoms with Gasteiger partial charge in [-0.15, -0.1) is 0 Å². The van der Waals surface area contributed by atoms with E-state index >= 15 is 0 Å². The first-order valence-corrected chi connectivity index (χ1v) is 9.10. The number of anilines is 1. The van der Waals surface area contributed by atoms with E-state index in [1.807, 2.05) is 51.1 Å². The highest BCUT2D eigenvalue weighted by Crippen LogP contribution is 2.30. The number of aliphatic imine (C=N–C) groups is 1. The second-order valence-corrected chi connectivity index (χ2v) is 5.98. The molecule has 0 fully saturated rings. The Morgan fingerprint density at radius 3 is 2.48 bits per heavy atom. The Balaban J connectivity index is 2.17. The predicted octanol–water partition coefficient (Wildman–Crippen LogP) is 3.99. The maximum Gasteiger partial charge on any atom is 0.196 e. The summed E-state index contributed by atoms with van der Waals surface area (Å²) in [4.78, 5) is 4.68. The highest BCUT2D eigenvalue weighted by molar-refractivity contribution is 5.93. The summed E-state index contributed by atoms with van der Waals surface area (Å²) < 4.78 is 16.3. The van der Waals surface area contributed by atoms with Crippen LogP contribution in [0.5, 0.6) is 17.2 Å². The van der Waals surface area contributed by atoms with Crippen molar-refractivity contribution in [3.05, 3.63) is 47.5 Å². The quantitative estimate of drug-likeness (QED) is 0.543. The molecule has 27 heavy (non-hydrogen) atoms. The van der Waals surface area contributed by atoms with Gasteiger partial charge in [0.2, 0.25) is 0 Å². The van der Waals surface area contributed by atoms with Crippen LogP contribution < -0.4 is 24.8 Å². The molecule has 0 radical (unpaired) electrons. The highest BCUT2D eigenvalue weighted by Gasteiger charge is 2.07. The van der Waals surface area contributed by atoms with E-state index in [1.165, 1.54) is 0 Å². The number of guanidine groups is 1. The Kier molecular flexibility index (Phi) is 7.79. The number of nitrogens with zero attached hydrogens (tertiary/aromatic N) is 1. The molecule has 0 bridgehead atoms. The number of rotatable bonds is 8. The Labute approximate surface area is 161 Å². The molecule has 6 nitrogen and oxygen atoms in total. The molecule has 0 aromatic heterocycles. The minimum absolute atomic E-state index is 0.543. The van der Waals surface area contributed by atoms with E-state index in [4.69, 9.17) is 14.2 Å².